The average Bonchev–Trinajstić information content (AvgIpc) is 3.30. The number of rotatable bonds is 36. The minimum absolute atomic E-state index is 0.0304. The van der Waals surface area contributed by atoms with Crippen LogP contribution in [0.4, 0.5) is 0 Å². The molecule has 0 aromatic carbocycles. The van der Waals surface area contributed by atoms with Crippen LogP contribution < -0.4 is 0 Å². The molecule has 10 atom stereocenters. The molecule has 67 heavy (non-hydrogen) atoms. The molecule has 0 spiro atoms. The number of carbonyl (C=O) groups is 2. The summed E-state index contributed by atoms with van der Waals surface area (Å²) in [6.07, 6.45) is 34.6. The quantitative estimate of drug-likeness (QED) is 0.0101. The highest BCUT2D eigenvalue weighted by molar-refractivity contribution is 7.47. The Morgan fingerprint density at radius 3 is 1.69 bits per heavy atom. The lowest BCUT2D eigenvalue weighted by Crippen LogP contribution is -2.64. The Hall–Kier alpha value is -3.83. The molecule has 0 aliphatic heterocycles. The first-order valence-electron chi connectivity index (χ1n) is 23.6. The number of ether oxygens (including phenoxy) is 2. The highest BCUT2D eigenvalue weighted by Gasteiger charge is 2.51. The summed E-state index contributed by atoms with van der Waals surface area (Å²) >= 11 is 0. The van der Waals surface area contributed by atoms with Gasteiger partial charge < -0.3 is 50.1 Å². The van der Waals surface area contributed by atoms with Crippen molar-refractivity contribution in [1.82, 2.24) is 0 Å². The first kappa shape index (κ1) is 61.2. The van der Waals surface area contributed by atoms with Crippen molar-refractivity contribution in [3.8, 4) is 0 Å². The molecule has 0 bridgehead atoms. The number of unbranched alkanes of at least 4 members (excludes halogenated alkanes) is 5. The second-order valence-corrected chi connectivity index (χ2v) is 17.3. The van der Waals surface area contributed by atoms with Crippen LogP contribution in [0, 0.1) is 0 Å². The lowest BCUT2D eigenvalue weighted by molar-refractivity contribution is -0.220. The summed E-state index contributed by atoms with van der Waals surface area (Å²) in [4.78, 5) is 35.7. The molecule has 3 unspecified atom stereocenters. The summed E-state index contributed by atoms with van der Waals surface area (Å²) in [5.74, 6) is -1.36. The molecule has 1 aliphatic rings. The van der Waals surface area contributed by atoms with E-state index in [1.54, 1.807) is 42.5 Å². The zero-order valence-electron chi connectivity index (χ0n) is 39.4. The van der Waals surface area contributed by atoms with Gasteiger partial charge in [0.05, 0.1) is 18.8 Å². The number of allylic oxidation sites excluding steroid dienone is 16. The smallest absolute Gasteiger partial charge is 0.462 e. The number of hydrogen-bond donors (Lipinski definition) is 8. The summed E-state index contributed by atoms with van der Waals surface area (Å²) in [6, 6.07) is 0. The SMILES string of the molecule is CC/C=C\C[C@@H](O)/C=C/C=C\C/C=C\C=C\[C@@H](O)/C=C\CCCC(=O)OC[C@H](COP(=O)(O)OC1[C@H](O)[C@H](O)C(O)[C@H](O)[C@H]1O)OC(=O)CCC/C=C\C/C=C\C/C=C\C/C=C\CCCCC. The molecule has 1 rings (SSSR count). The first-order valence-corrected chi connectivity index (χ1v) is 25.1. The minimum Gasteiger partial charge on any atom is -0.462 e. The summed E-state index contributed by atoms with van der Waals surface area (Å²) in [5.41, 5.74) is 0. The van der Waals surface area contributed by atoms with Crippen LogP contribution in [-0.4, -0.2) is 121 Å². The molecular formula is C51H79O15P. The van der Waals surface area contributed by atoms with Gasteiger partial charge in [0.2, 0.25) is 0 Å². The molecule has 15 nitrogen and oxygen atoms in total. The predicted octanol–water partition coefficient (Wildman–Crippen LogP) is 7.33. The van der Waals surface area contributed by atoms with Crippen molar-refractivity contribution >= 4 is 19.8 Å². The molecule has 1 fully saturated rings. The van der Waals surface area contributed by atoms with Crippen LogP contribution in [0.1, 0.15) is 117 Å². The van der Waals surface area contributed by atoms with E-state index in [9.17, 15) is 54.8 Å². The van der Waals surface area contributed by atoms with Gasteiger partial charge in [-0.1, -0.05) is 148 Å². The second kappa shape index (κ2) is 39.1. The molecule has 378 valence electrons. The number of aliphatic hydroxyl groups excluding tert-OH is 7. The molecule has 0 radical (unpaired) electrons. The second-order valence-electron chi connectivity index (χ2n) is 15.9. The molecule has 0 saturated heterocycles. The summed E-state index contributed by atoms with van der Waals surface area (Å²) < 4.78 is 33.3. The number of carbonyl (C=O) groups excluding carboxylic acids is 2. The Morgan fingerprint density at radius 1 is 0.567 bits per heavy atom. The summed E-state index contributed by atoms with van der Waals surface area (Å²) in [7, 11) is -5.19. The van der Waals surface area contributed by atoms with Crippen molar-refractivity contribution in [2.75, 3.05) is 13.2 Å². The van der Waals surface area contributed by atoms with Crippen molar-refractivity contribution in [2.24, 2.45) is 0 Å². The molecule has 1 saturated carbocycles. The molecule has 16 heteroatoms. The Labute approximate surface area is 398 Å². The number of esters is 2. The van der Waals surface area contributed by atoms with Gasteiger partial charge in [-0.3, -0.25) is 18.6 Å². The molecule has 0 heterocycles. The number of phosphoric acid groups is 1. The van der Waals surface area contributed by atoms with Crippen LogP contribution in [-0.2, 0) is 32.7 Å². The van der Waals surface area contributed by atoms with Gasteiger partial charge in [-0.25, -0.2) is 4.57 Å². The van der Waals surface area contributed by atoms with E-state index in [0.717, 1.165) is 32.1 Å². The fourth-order valence-electron chi connectivity index (χ4n) is 6.14. The highest BCUT2D eigenvalue weighted by atomic mass is 31.2. The third-order valence-electron chi connectivity index (χ3n) is 9.96. The Bertz CT molecular complexity index is 1660. The molecule has 1 aliphatic carbocycles. The molecule has 0 aromatic rings. The monoisotopic (exact) mass is 963 g/mol. The fraction of sp³-hybridized carbons (Fsp3) is 0.569. The molecular weight excluding hydrogens is 884 g/mol. The van der Waals surface area contributed by atoms with Crippen molar-refractivity contribution in [2.45, 2.75) is 172 Å². The number of hydrogen-bond acceptors (Lipinski definition) is 14. The van der Waals surface area contributed by atoms with Crippen LogP contribution in [0.25, 0.3) is 0 Å². The zero-order valence-corrected chi connectivity index (χ0v) is 40.2. The third-order valence-corrected chi connectivity index (χ3v) is 10.9. The average molecular weight is 963 g/mol. The maximum Gasteiger partial charge on any atom is 0.472 e. The Kier molecular flexibility index (Phi) is 35.7. The highest BCUT2D eigenvalue weighted by Crippen LogP contribution is 2.47. The molecule has 0 amide bonds. The third kappa shape index (κ3) is 31.8. The van der Waals surface area contributed by atoms with Crippen LogP contribution >= 0.6 is 7.82 Å². The molecule has 8 N–H and O–H groups in total. The lowest BCUT2D eigenvalue weighted by atomic mass is 9.85. The Balaban J connectivity index is 2.61. The lowest BCUT2D eigenvalue weighted by Gasteiger charge is -2.41. The van der Waals surface area contributed by atoms with Crippen molar-refractivity contribution in [3.63, 3.8) is 0 Å². The number of aliphatic hydroxyl groups is 7. The fourth-order valence-corrected chi connectivity index (χ4v) is 7.11. The van der Waals surface area contributed by atoms with E-state index in [4.69, 9.17) is 18.5 Å². The Morgan fingerprint density at radius 2 is 1.09 bits per heavy atom. The van der Waals surface area contributed by atoms with Gasteiger partial charge in [-0.2, -0.15) is 0 Å². The van der Waals surface area contributed by atoms with E-state index in [1.807, 2.05) is 49.5 Å². The van der Waals surface area contributed by atoms with Crippen molar-refractivity contribution in [1.29, 1.82) is 0 Å². The van der Waals surface area contributed by atoms with Gasteiger partial charge in [0.1, 0.15) is 43.2 Å². The van der Waals surface area contributed by atoms with E-state index in [0.29, 0.717) is 38.5 Å². The van der Waals surface area contributed by atoms with Gasteiger partial charge >= 0.3 is 19.8 Å². The topological polar surface area (TPSA) is 250 Å². The van der Waals surface area contributed by atoms with E-state index in [1.165, 1.54) is 19.3 Å². The summed E-state index contributed by atoms with van der Waals surface area (Å²) in [5, 5.41) is 70.2. The molecule has 0 aromatic heterocycles. The maximum atomic E-state index is 12.8. The van der Waals surface area contributed by atoms with Crippen molar-refractivity contribution in [3.05, 3.63) is 122 Å². The standard InChI is InChI=1S/C51H79O15P/c1-3-5-7-8-9-10-11-12-13-14-15-16-17-18-22-25-31-38-45(55)65-43(40-64-67(61,62)66-51-49(59)47(57)46(56)48(58)50(51)60)39-63-44(54)37-32-26-30-36-42(53)35-29-24-21-19-20-23-28-34-41(52)33-27-6-4-2/h6,9-10,12-13,15-16,18,20-24,27-30,34-36,41-43,46-53,56-60H,3-5,7-8,11,14,17,19,25-26,31-33,37-40H2,1-2H3,(H,61,62)/b10-9-,13-12-,16-15-,22-18-,23-20-,24-21-,27-6-,34-28+,35-29+,36-30-/t41-,42-,43-,46?,47-,48+,49-,50-,51?/m1/s1. The van der Waals surface area contributed by atoms with Gasteiger partial charge in [-0.05, 0) is 77.0 Å². The summed E-state index contributed by atoms with van der Waals surface area (Å²) in [6.45, 7) is 2.85. The van der Waals surface area contributed by atoms with Crippen LogP contribution in [0.5, 0.6) is 0 Å². The first-order chi connectivity index (χ1) is 32.2. The van der Waals surface area contributed by atoms with Crippen molar-refractivity contribution < 1.29 is 73.3 Å². The maximum absolute atomic E-state index is 12.8. The van der Waals surface area contributed by atoms with E-state index in [2.05, 4.69) is 43.4 Å². The van der Waals surface area contributed by atoms with Gasteiger partial charge in [0.15, 0.2) is 6.10 Å². The van der Waals surface area contributed by atoms with Crippen LogP contribution in [0.2, 0.25) is 0 Å². The normalized spacial score (nSPS) is 23.2. The van der Waals surface area contributed by atoms with Gasteiger partial charge in [0.25, 0.3) is 0 Å². The van der Waals surface area contributed by atoms with E-state index < -0.39 is 87.9 Å². The zero-order chi connectivity index (χ0) is 49.5. The predicted molar refractivity (Wildman–Crippen MR) is 260 cm³/mol. The van der Waals surface area contributed by atoms with Crippen LogP contribution in [0.15, 0.2) is 122 Å². The van der Waals surface area contributed by atoms with Gasteiger partial charge in [-0.15, -0.1) is 0 Å². The number of phosphoric ester groups is 1. The van der Waals surface area contributed by atoms with E-state index >= 15 is 0 Å². The van der Waals surface area contributed by atoms with Crippen LogP contribution in [0.3, 0.4) is 0 Å². The van der Waals surface area contributed by atoms with E-state index in [-0.39, 0.29) is 12.8 Å². The minimum atomic E-state index is -5.19. The largest absolute Gasteiger partial charge is 0.472 e. The van der Waals surface area contributed by atoms with Gasteiger partial charge in [0, 0.05) is 12.8 Å².